The molecule has 0 atom stereocenters. The van der Waals surface area contributed by atoms with E-state index in [1.165, 1.54) is 0 Å². The largest absolute Gasteiger partial charge is 1.00 e. The van der Waals surface area contributed by atoms with Crippen molar-refractivity contribution in [1.29, 1.82) is 0 Å². The lowest BCUT2D eigenvalue weighted by molar-refractivity contribution is -0.642. The van der Waals surface area contributed by atoms with Gasteiger partial charge in [-0.2, -0.15) is 0 Å². The van der Waals surface area contributed by atoms with E-state index >= 15 is 0 Å². The van der Waals surface area contributed by atoms with Gasteiger partial charge in [-0.1, -0.05) is 35.3 Å². The molecule has 3 N–H and O–H groups in total. The lowest BCUT2D eigenvalue weighted by atomic mass is 10.1. The number of nitrogens with zero attached hydrogens (tertiary/aromatic N) is 1. The van der Waals surface area contributed by atoms with E-state index in [1.807, 2.05) is 28.8 Å². The highest BCUT2D eigenvalue weighted by Crippen LogP contribution is 2.22. The number of imidazole rings is 1. The van der Waals surface area contributed by atoms with E-state index in [1.54, 1.807) is 18.2 Å². The van der Waals surface area contributed by atoms with E-state index < -0.39 is 0 Å². The van der Waals surface area contributed by atoms with Crippen LogP contribution in [0.3, 0.4) is 0 Å². The quantitative estimate of drug-likeness (QED) is 0.405. The number of hydrogen-bond donors (Lipinski definition) is 3. The van der Waals surface area contributed by atoms with Gasteiger partial charge in [0.25, 0.3) is 0 Å². The molecule has 5 nitrogen and oxygen atoms in total. The van der Waals surface area contributed by atoms with Crippen LogP contribution in [0, 0.1) is 0 Å². The topological polar surface area (TPSA) is 69.0 Å². The molecule has 25 heavy (non-hydrogen) atoms. The summed E-state index contributed by atoms with van der Waals surface area (Å²) in [6.07, 6.45) is 0. The van der Waals surface area contributed by atoms with Crippen molar-refractivity contribution in [2.75, 3.05) is 18.5 Å². The van der Waals surface area contributed by atoms with Crippen LogP contribution in [-0.2, 0) is 6.54 Å². The van der Waals surface area contributed by atoms with Gasteiger partial charge >= 0.3 is 5.95 Å². The van der Waals surface area contributed by atoms with Crippen LogP contribution in [0.15, 0.2) is 42.5 Å². The number of para-hydroxylation sites is 2. The number of aromatic amines is 1. The normalized spacial score (nSPS) is 10.5. The van der Waals surface area contributed by atoms with Crippen LogP contribution in [0.25, 0.3) is 11.0 Å². The summed E-state index contributed by atoms with van der Waals surface area (Å²) in [5, 5.41) is 12.9. The molecule has 0 aliphatic rings. The predicted octanol–water partition coefficient (Wildman–Crippen LogP) is 0.0533. The van der Waals surface area contributed by atoms with E-state index in [0.717, 1.165) is 11.0 Å². The van der Waals surface area contributed by atoms with Crippen molar-refractivity contribution in [2.45, 2.75) is 6.54 Å². The standard InChI is InChI=1S/C17H15Cl2N3O2.ClH/c18-11-5-6-12(13(19)9-11)16(24)10-22-15-4-2-1-3-14(15)21-17(22)20-7-8-23;/h1-6,9,23H,7-8,10H2,(H,20,21);1H. The first-order valence-corrected chi connectivity index (χ1v) is 8.19. The van der Waals surface area contributed by atoms with Gasteiger partial charge in [-0.25, -0.2) is 9.55 Å². The molecule has 1 heterocycles. The predicted molar refractivity (Wildman–Crippen MR) is 94.9 cm³/mol. The Hall–Kier alpha value is -1.79. The van der Waals surface area contributed by atoms with Crippen LogP contribution in [0.5, 0.6) is 0 Å². The maximum atomic E-state index is 12.7. The van der Waals surface area contributed by atoms with Crippen LogP contribution in [0.2, 0.25) is 10.0 Å². The number of nitrogens with one attached hydrogen (secondary N) is 2. The number of ketones is 1. The number of carbonyl (C=O) groups is 1. The first kappa shape index (κ1) is 19.5. The molecule has 0 aliphatic heterocycles. The van der Waals surface area contributed by atoms with Gasteiger partial charge in [0.1, 0.15) is 17.6 Å². The Kier molecular flexibility index (Phi) is 6.67. The summed E-state index contributed by atoms with van der Waals surface area (Å²) in [4.78, 5) is 15.9. The smallest absolute Gasteiger partial charge is 0.356 e. The van der Waals surface area contributed by atoms with Crippen LogP contribution in [0.4, 0.5) is 5.95 Å². The number of aliphatic hydroxyl groups is 1. The first-order chi connectivity index (χ1) is 11.6. The molecule has 0 aliphatic carbocycles. The lowest BCUT2D eigenvalue weighted by Crippen LogP contribution is -3.00. The Morgan fingerprint density at radius 3 is 2.68 bits per heavy atom. The highest BCUT2D eigenvalue weighted by molar-refractivity contribution is 6.36. The fourth-order valence-electron chi connectivity index (χ4n) is 2.55. The van der Waals surface area contributed by atoms with Crippen molar-refractivity contribution < 1.29 is 26.9 Å². The van der Waals surface area contributed by atoms with Crippen LogP contribution < -0.4 is 22.3 Å². The molecular formula is C17H16Cl3N3O2. The fraction of sp³-hybridized carbons (Fsp3) is 0.176. The summed E-state index contributed by atoms with van der Waals surface area (Å²) in [5.41, 5.74) is 2.20. The van der Waals surface area contributed by atoms with Crippen molar-refractivity contribution in [3.8, 4) is 0 Å². The van der Waals surface area contributed by atoms with Crippen molar-refractivity contribution in [2.24, 2.45) is 0 Å². The summed E-state index contributed by atoms with van der Waals surface area (Å²) >= 11 is 12.0. The molecule has 2 aromatic carbocycles. The molecule has 0 unspecified atom stereocenters. The number of rotatable bonds is 6. The number of carbonyl (C=O) groups excluding carboxylic acids is 1. The molecule has 0 saturated carbocycles. The van der Waals surface area contributed by atoms with Crippen molar-refractivity contribution in [1.82, 2.24) is 4.98 Å². The maximum absolute atomic E-state index is 12.7. The Morgan fingerprint density at radius 1 is 1.20 bits per heavy atom. The highest BCUT2D eigenvalue weighted by atomic mass is 35.5. The molecular weight excluding hydrogens is 385 g/mol. The molecule has 8 heteroatoms. The summed E-state index contributed by atoms with van der Waals surface area (Å²) in [7, 11) is 0. The number of halogens is 3. The van der Waals surface area contributed by atoms with Crippen molar-refractivity contribution in [3.63, 3.8) is 0 Å². The minimum absolute atomic E-state index is 0. The second-order valence-electron chi connectivity index (χ2n) is 5.27. The van der Waals surface area contributed by atoms with E-state index in [-0.39, 0.29) is 31.3 Å². The van der Waals surface area contributed by atoms with Gasteiger partial charge in [-0.05, 0) is 30.3 Å². The SMILES string of the molecule is O=C(C[n+]1c(NCCO)[nH]c2ccccc21)c1ccc(Cl)cc1Cl.[Cl-]. The highest BCUT2D eigenvalue weighted by Gasteiger charge is 2.21. The number of benzene rings is 2. The third kappa shape index (κ3) is 4.25. The number of aliphatic hydroxyl groups excluding tert-OH is 1. The summed E-state index contributed by atoms with van der Waals surface area (Å²) in [6, 6.07) is 12.5. The number of fused-ring (bicyclic) bond motifs is 1. The summed E-state index contributed by atoms with van der Waals surface area (Å²) in [5.74, 6) is 0.530. The van der Waals surface area contributed by atoms with Crippen molar-refractivity contribution in [3.05, 3.63) is 58.1 Å². The van der Waals surface area contributed by atoms with Crippen LogP contribution >= 0.6 is 23.2 Å². The third-order valence-electron chi connectivity index (χ3n) is 3.66. The summed E-state index contributed by atoms with van der Waals surface area (Å²) < 4.78 is 1.83. The Labute approximate surface area is 161 Å². The fourth-order valence-corrected chi connectivity index (χ4v) is 3.07. The Bertz CT molecular complexity index is 896. The molecule has 1 aromatic heterocycles. The number of hydrogen-bond acceptors (Lipinski definition) is 3. The Balaban J connectivity index is 0.00000225. The van der Waals surface area contributed by atoms with E-state index in [0.29, 0.717) is 28.1 Å². The van der Waals surface area contributed by atoms with Gasteiger partial charge in [0, 0.05) is 10.6 Å². The van der Waals surface area contributed by atoms with Crippen molar-refractivity contribution >= 4 is 46.0 Å². The molecule has 0 spiro atoms. The van der Waals surface area contributed by atoms with E-state index in [4.69, 9.17) is 28.3 Å². The van der Waals surface area contributed by atoms with E-state index in [2.05, 4.69) is 10.3 Å². The zero-order valence-electron chi connectivity index (χ0n) is 13.1. The second-order valence-corrected chi connectivity index (χ2v) is 6.12. The molecule has 3 aromatic rings. The van der Waals surface area contributed by atoms with Gasteiger partial charge in [0.2, 0.25) is 0 Å². The number of aromatic nitrogens is 2. The summed E-state index contributed by atoms with van der Waals surface area (Å²) in [6.45, 7) is 0.480. The Morgan fingerprint density at radius 2 is 1.96 bits per heavy atom. The minimum atomic E-state index is -0.126. The minimum Gasteiger partial charge on any atom is -1.00 e. The molecule has 132 valence electrons. The third-order valence-corrected chi connectivity index (χ3v) is 4.20. The van der Waals surface area contributed by atoms with Gasteiger partial charge in [-0.15, -0.1) is 0 Å². The molecule has 0 radical (unpaired) electrons. The maximum Gasteiger partial charge on any atom is 0.356 e. The number of anilines is 1. The first-order valence-electron chi connectivity index (χ1n) is 7.43. The number of Topliss-reactive ketones (excluding diaryl/α,β-unsaturated/α-hetero) is 1. The number of H-pyrrole nitrogens is 1. The zero-order chi connectivity index (χ0) is 17.1. The van der Waals surface area contributed by atoms with Gasteiger partial charge in [-0.3, -0.25) is 10.1 Å². The zero-order valence-corrected chi connectivity index (χ0v) is 15.4. The van der Waals surface area contributed by atoms with Gasteiger partial charge in [0.05, 0.1) is 18.2 Å². The van der Waals surface area contributed by atoms with Crippen LogP contribution in [-0.4, -0.2) is 29.0 Å². The van der Waals surface area contributed by atoms with Gasteiger partial charge < -0.3 is 17.5 Å². The average Bonchev–Trinajstić information content (AvgIpc) is 2.90. The lowest BCUT2D eigenvalue weighted by Gasteiger charge is -2.06. The molecule has 3 rings (SSSR count). The molecule has 0 fully saturated rings. The van der Waals surface area contributed by atoms with Crippen LogP contribution in [0.1, 0.15) is 10.4 Å². The second kappa shape index (κ2) is 8.54. The average molecular weight is 401 g/mol. The monoisotopic (exact) mass is 399 g/mol. The molecule has 0 bridgehead atoms. The van der Waals surface area contributed by atoms with Gasteiger partial charge in [0.15, 0.2) is 5.78 Å². The molecule has 0 amide bonds. The molecule has 0 saturated heterocycles. The van der Waals surface area contributed by atoms with E-state index in [9.17, 15) is 4.79 Å².